The fraction of sp³-hybridized carbons (Fsp3) is 0.154. The molecule has 2 aromatic rings. The van der Waals surface area contributed by atoms with Gasteiger partial charge in [0.25, 0.3) is 0 Å². The maximum Gasteiger partial charge on any atom is 0.433 e. The highest BCUT2D eigenvalue weighted by Gasteiger charge is 2.33. The Morgan fingerprint density at radius 2 is 2.00 bits per heavy atom. The second-order valence-corrected chi connectivity index (χ2v) is 3.85. The van der Waals surface area contributed by atoms with Crippen molar-refractivity contribution in [2.45, 2.75) is 13.1 Å². The molecule has 0 spiro atoms. The van der Waals surface area contributed by atoms with E-state index >= 15 is 0 Å². The molecule has 0 saturated carbocycles. The molecule has 0 radical (unpaired) electrons. The van der Waals surface area contributed by atoms with Crippen molar-refractivity contribution in [1.29, 1.82) is 5.26 Å². The summed E-state index contributed by atoms with van der Waals surface area (Å²) < 4.78 is 43.1. The number of nitriles is 1. The fourth-order valence-corrected chi connectivity index (χ4v) is 1.44. The van der Waals surface area contributed by atoms with Crippen molar-refractivity contribution >= 4 is 0 Å². The number of nitrogens with zero attached hydrogens (tertiary/aromatic N) is 3. The number of halogens is 3. The lowest BCUT2D eigenvalue weighted by Crippen LogP contribution is -2.09. The Bertz CT molecular complexity index is 677. The monoisotopic (exact) mass is 279 g/mol. The van der Waals surface area contributed by atoms with Crippen molar-refractivity contribution < 1.29 is 17.9 Å². The number of alkyl halides is 3. The average Bonchev–Trinajstić information content (AvgIpc) is 2.40. The second-order valence-electron chi connectivity index (χ2n) is 3.85. The van der Waals surface area contributed by atoms with Crippen LogP contribution in [-0.4, -0.2) is 9.97 Å². The van der Waals surface area contributed by atoms with Gasteiger partial charge in [-0.3, -0.25) is 4.98 Å². The molecule has 0 amide bonds. The largest absolute Gasteiger partial charge is 0.436 e. The van der Waals surface area contributed by atoms with Gasteiger partial charge in [-0.15, -0.1) is 0 Å². The first-order valence-electron chi connectivity index (χ1n) is 5.49. The van der Waals surface area contributed by atoms with Crippen LogP contribution in [0.25, 0.3) is 0 Å². The van der Waals surface area contributed by atoms with Crippen LogP contribution >= 0.6 is 0 Å². The van der Waals surface area contributed by atoms with Gasteiger partial charge in [-0.1, -0.05) is 0 Å². The summed E-state index contributed by atoms with van der Waals surface area (Å²) in [5, 5.41) is 8.89. The van der Waals surface area contributed by atoms with Crippen molar-refractivity contribution in [3.05, 3.63) is 47.4 Å². The Kier molecular flexibility index (Phi) is 3.57. The third kappa shape index (κ3) is 2.85. The lowest BCUT2D eigenvalue weighted by Gasteiger charge is -2.11. The number of hydrogen-bond acceptors (Lipinski definition) is 4. The minimum atomic E-state index is -4.60. The van der Waals surface area contributed by atoms with Crippen LogP contribution < -0.4 is 4.74 Å². The predicted octanol–water partition coefficient (Wildman–Crippen LogP) is 3.47. The first-order chi connectivity index (χ1) is 9.41. The summed E-state index contributed by atoms with van der Waals surface area (Å²) in [5.41, 5.74) is -0.718. The van der Waals surface area contributed by atoms with Crippen LogP contribution in [0.4, 0.5) is 13.2 Å². The number of aromatic nitrogens is 2. The van der Waals surface area contributed by atoms with E-state index in [4.69, 9.17) is 10.00 Å². The molecule has 4 nitrogen and oxygen atoms in total. The van der Waals surface area contributed by atoms with Gasteiger partial charge in [-0.05, 0) is 31.2 Å². The number of aryl methyl sites for hydroxylation is 1. The molecule has 0 aliphatic heterocycles. The molecule has 0 aromatic carbocycles. The van der Waals surface area contributed by atoms with Crippen LogP contribution in [0, 0.1) is 18.3 Å². The van der Waals surface area contributed by atoms with E-state index in [1.54, 1.807) is 19.1 Å². The van der Waals surface area contributed by atoms with Crippen molar-refractivity contribution in [2.75, 3.05) is 0 Å². The summed E-state index contributed by atoms with van der Waals surface area (Å²) in [4.78, 5) is 7.30. The van der Waals surface area contributed by atoms with Crippen LogP contribution in [0.5, 0.6) is 11.6 Å². The SMILES string of the molecule is Cc1ncccc1Oc1nc(C(F)(F)F)ccc1C#N. The van der Waals surface area contributed by atoms with Gasteiger partial charge in [0.2, 0.25) is 5.88 Å². The van der Waals surface area contributed by atoms with E-state index in [-0.39, 0.29) is 11.3 Å². The zero-order valence-corrected chi connectivity index (χ0v) is 10.3. The van der Waals surface area contributed by atoms with Gasteiger partial charge in [0.1, 0.15) is 17.3 Å². The average molecular weight is 279 g/mol. The summed E-state index contributed by atoms with van der Waals surface area (Å²) in [6, 6.07) is 6.61. The number of ether oxygens (including phenoxy) is 1. The maximum absolute atomic E-state index is 12.6. The molecule has 0 unspecified atom stereocenters. The topological polar surface area (TPSA) is 58.8 Å². The van der Waals surface area contributed by atoms with E-state index in [2.05, 4.69) is 9.97 Å². The molecule has 102 valence electrons. The van der Waals surface area contributed by atoms with Gasteiger partial charge >= 0.3 is 6.18 Å². The standard InChI is InChI=1S/C13H8F3N3O/c1-8-10(3-2-6-18-8)20-12-9(7-17)4-5-11(19-12)13(14,15)16/h2-6H,1H3. The Morgan fingerprint density at radius 3 is 2.60 bits per heavy atom. The number of rotatable bonds is 2. The molecule has 2 aromatic heterocycles. The molecular formula is C13H8F3N3O. The first-order valence-corrected chi connectivity index (χ1v) is 5.49. The van der Waals surface area contributed by atoms with Gasteiger partial charge in [-0.25, -0.2) is 4.98 Å². The molecule has 7 heteroatoms. The third-order valence-corrected chi connectivity index (χ3v) is 2.44. The van der Waals surface area contributed by atoms with Crippen LogP contribution in [-0.2, 0) is 6.18 Å². The summed E-state index contributed by atoms with van der Waals surface area (Å²) in [7, 11) is 0. The highest BCUT2D eigenvalue weighted by molar-refractivity contribution is 5.42. The van der Waals surface area contributed by atoms with Crippen molar-refractivity contribution in [2.24, 2.45) is 0 Å². The fourth-order valence-electron chi connectivity index (χ4n) is 1.44. The Balaban J connectivity index is 2.45. The minimum Gasteiger partial charge on any atom is -0.436 e. The molecule has 0 N–H and O–H groups in total. The van der Waals surface area contributed by atoms with Crippen LogP contribution in [0.3, 0.4) is 0 Å². The molecule has 0 aliphatic carbocycles. The van der Waals surface area contributed by atoms with Crippen molar-refractivity contribution in [3.8, 4) is 17.7 Å². The molecule has 0 atom stereocenters. The molecule has 0 fully saturated rings. The number of pyridine rings is 2. The van der Waals surface area contributed by atoms with E-state index in [1.165, 1.54) is 12.3 Å². The van der Waals surface area contributed by atoms with Gasteiger partial charge in [0.05, 0.1) is 5.69 Å². The first kappa shape index (κ1) is 13.8. The Morgan fingerprint density at radius 1 is 1.25 bits per heavy atom. The van der Waals surface area contributed by atoms with Gasteiger partial charge in [0, 0.05) is 6.20 Å². The lowest BCUT2D eigenvalue weighted by molar-refractivity contribution is -0.141. The van der Waals surface area contributed by atoms with Crippen molar-refractivity contribution in [3.63, 3.8) is 0 Å². The summed E-state index contributed by atoms with van der Waals surface area (Å²) >= 11 is 0. The summed E-state index contributed by atoms with van der Waals surface area (Å²) in [6.45, 7) is 1.63. The molecule has 0 bridgehead atoms. The third-order valence-electron chi connectivity index (χ3n) is 2.44. The predicted molar refractivity (Wildman–Crippen MR) is 63.0 cm³/mol. The minimum absolute atomic E-state index is 0.0822. The van der Waals surface area contributed by atoms with E-state index < -0.39 is 17.8 Å². The van der Waals surface area contributed by atoms with Crippen LogP contribution in [0.1, 0.15) is 17.0 Å². The maximum atomic E-state index is 12.6. The Hall–Kier alpha value is -2.62. The molecule has 2 heterocycles. The summed E-state index contributed by atoms with van der Waals surface area (Å²) in [5.74, 6) is -0.144. The lowest BCUT2D eigenvalue weighted by atomic mass is 10.2. The Labute approximate surface area is 112 Å². The van der Waals surface area contributed by atoms with Crippen LogP contribution in [0.15, 0.2) is 30.5 Å². The zero-order valence-electron chi connectivity index (χ0n) is 10.3. The van der Waals surface area contributed by atoms with Gasteiger partial charge in [0.15, 0.2) is 5.75 Å². The zero-order chi connectivity index (χ0) is 14.8. The highest BCUT2D eigenvalue weighted by atomic mass is 19.4. The van der Waals surface area contributed by atoms with Gasteiger partial charge in [-0.2, -0.15) is 18.4 Å². The van der Waals surface area contributed by atoms with Crippen LogP contribution in [0.2, 0.25) is 0 Å². The van der Waals surface area contributed by atoms with E-state index in [0.717, 1.165) is 12.1 Å². The van der Waals surface area contributed by atoms with E-state index in [9.17, 15) is 13.2 Å². The molecule has 0 aliphatic rings. The van der Waals surface area contributed by atoms with Crippen molar-refractivity contribution in [1.82, 2.24) is 9.97 Å². The molecule has 20 heavy (non-hydrogen) atoms. The quantitative estimate of drug-likeness (QED) is 0.844. The van der Waals surface area contributed by atoms with E-state index in [1.807, 2.05) is 0 Å². The molecule has 0 saturated heterocycles. The van der Waals surface area contributed by atoms with E-state index in [0.29, 0.717) is 5.69 Å². The molecule has 2 rings (SSSR count). The smallest absolute Gasteiger partial charge is 0.433 e. The normalized spacial score (nSPS) is 10.9. The van der Waals surface area contributed by atoms with Gasteiger partial charge < -0.3 is 4.74 Å². The number of hydrogen-bond donors (Lipinski definition) is 0. The second kappa shape index (κ2) is 5.17. The highest BCUT2D eigenvalue weighted by Crippen LogP contribution is 2.32. The molecular weight excluding hydrogens is 271 g/mol. The summed E-state index contributed by atoms with van der Waals surface area (Å²) in [6.07, 6.45) is -3.08.